The lowest BCUT2D eigenvalue weighted by Gasteiger charge is -2.07. The molecule has 0 amide bonds. The molecule has 0 fully saturated rings. The van der Waals surface area contributed by atoms with Crippen LogP contribution in [0.3, 0.4) is 0 Å². The van der Waals surface area contributed by atoms with Crippen molar-refractivity contribution in [2.24, 2.45) is 0 Å². The van der Waals surface area contributed by atoms with Gasteiger partial charge in [0.1, 0.15) is 11.4 Å². The predicted octanol–water partition coefficient (Wildman–Crippen LogP) is 4.38. The fourth-order valence-corrected chi connectivity index (χ4v) is 3.63. The molecule has 3 heterocycles. The summed E-state index contributed by atoms with van der Waals surface area (Å²) >= 11 is 1.71. The van der Waals surface area contributed by atoms with E-state index < -0.39 is 0 Å². The van der Waals surface area contributed by atoms with Crippen LogP contribution >= 0.6 is 11.8 Å². The average Bonchev–Trinajstić information content (AvgIpc) is 3.09. The summed E-state index contributed by atoms with van der Waals surface area (Å²) in [4.78, 5) is 0. The topological polar surface area (TPSA) is 43.3 Å². The minimum Gasteiger partial charge on any atom is -0.463 e. The molecule has 0 aliphatic heterocycles. The highest BCUT2D eigenvalue weighted by molar-refractivity contribution is 7.98. The van der Waals surface area contributed by atoms with Gasteiger partial charge in [-0.3, -0.25) is 4.40 Å². The summed E-state index contributed by atoms with van der Waals surface area (Å²) in [5, 5.41) is 9.34. The van der Waals surface area contributed by atoms with Crippen molar-refractivity contribution < 1.29 is 4.42 Å². The molecule has 0 aliphatic carbocycles. The Bertz CT molecular complexity index is 971. The smallest absolute Gasteiger partial charge is 0.152 e. The summed E-state index contributed by atoms with van der Waals surface area (Å²) in [5.41, 5.74) is 6.86. The fraction of sp³-hybridized carbons (Fsp3) is 0.176. The van der Waals surface area contributed by atoms with Crippen LogP contribution in [0.15, 0.2) is 52.4 Å². The monoisotopic (exact) mass is 309 g/mol. The highest BCUT2D eigenvalue weighted by Crippen LogP contribution is 2.30. The summed E-state index contributed by atoms with van der Waals surface area (Å²) in [5.74, 6) is 0.883. The van der Waals surface area contributed by atoms with E-state index in [0.717, 1.165) is 27.4 Å². The third-order valence-corrected chi connectivity index (χ3v) is 4.88. The molecule has 3 aromatic heterocycles. The molecule has 0 saturated carbocycles. The number of hydrogen-bond acceptors (Lipinski definition) is 4. The molecule has 4 aromatic rings. The number of rotatable bonds is 3. The molecule has 0 unspecified atom stereocenters. The Hall–Kier alpha value is -2.27. The summed E-state index contributed by atoms with van der Waals surface area (Å²) in [7, 11) is 0. The van der Waals surface area contributed by atoms with Crippen molar-refractivity contribution in [1.82, 2.24) is 14.6 Å². The first-order valence-electron chi connectivity index (χ1n) is 7.11. The molecule has 0 spiro atoms. The molecule has 5 heteroatoms. The van der Waals surface area contributed by atoms with Crippen molar-refractivity contribution in [3.8, 4) is 0 Å². The second-order valence-corrected chi connectivity index (χ2v) is 6.39. The molecular weight excluding hydrogens is 294 g/mol. The minimum atomic E-state index is 0.864. The maximum Gasteiger partial charge on any atom is 0.152 e. The Morgan fingerprint density at radius 3 is 2.95 bits per heavy atom. The first-order chi connectivity index (χ1) is 10.7. The van der Waals surface area contributed by atoms with Gasteiger partial charge in [0.15, 0.2) is 5.58 Å². The molecular formula is C17H15N3OS. The third-order valence-electron chi connectivity index (χ3n) is 3.86. The van der Waals surface area contributed by atoms with Crippen molar-refractivity contribution in [3.05, 3.63) is 59.6 Å². The SMILES string of the molecule is Cc1ccc(C)c(CSc2nncn3c2cc2occc23)c1. The number of aryl methyl sites for hydroxylation is 2. The first-order valence-corrected chi connectivity index (χ1v) is 8.10. The standard InChI is InChI=1S/C17H15N3OS/c1-11-3-4-12(2)13(7-11)9-22-17-15-8-16-14(5-6-21-16)20(15)10-18-19-17/h3-8,10H,9H2,1-2H3. The molecule has 4 rings (SSSR count). The number of benzene rings is 1. The lowest BCUT2D eigenvalue weighted by molar-refractivity contribution is 0.616. The Morgan fingerprint density at radius 2 is 2.05 bits per heavy atom. The molecule has 0 bridgehead atoms. The average molecular weight is 309 g/mol. The van der Waals surface area contributed by atoms with E-state index in [0.29, 0.717) is 0 Å². The van der Waals surface area contributed by atoms with Gasteiger partial charge in [-0.15, -0.1) is 10.2 Å². The van der Waals surface area contributed by atoms with E-state index in [1.54, 1.807) is 24.4 Å². The van der Waals surface area contributed by atoms with E-state index in [2.05, 4.69) is 42.2 Å². The van der Waals surface area contributed by atoms with E-state index in [1.807, 2.05) is 16.5 Å². The molecule has 22 heavy (non-hydrogen) atoms. The second-order valence-electron chi connectivity index (χ2n) is 5.42. The van der Waals surface area contributed by atoms with E-state index >= 15 is 0 Å². The van der Waals surface area contributed by atoms with Gasteiger partial charge in [-0.05, 0) is 25.0 Å². The molecule has 0 atom stereocenters. The van der Waals surface area contributed by atoms with E-state index in [-0.39, 0.29) is 0 Å². The lowest BCUT2D eigenvalue weighted by atomic mass is 10.1. The molecule has 4 nitrogen and oxygen atoms in total. The van der Waals surface area contributed by atoms with Gasteiger partial charge in [0.2, 0.25) is 0 Å². The molecule has 0 saturated heterocycles. The van der Waals surface area contributed by atoms with Gasteiger partial charge in [0.05, 0.1) is 17.3 Å². The highest BCUT2D eigenvalue weighted by atomic mass is 32.2. The predicted molar refractivity (Wildman–Crippen MR) is 88.2 cm³/mol. The molecule has 0 N–H and O–H groups in total. The van der Waals surface area contributed by atoms with Crippen LogP contribution in [-0.4, -0.2) is 14.6 Å². The van der Waals surface area contributed by atoms with Crippen LogP contribution in [0.4, 0.5) is 0 Å². The zero-order valence-electron chi connectivity index (χ0n) is 12.4. The molecule has 0 radical (unpaired) electrons. The summed E-state index contributed by atoms with van der Waals surface area (Å²) in [6, 6.07) is 10.5. The maximum absolute atomic E-state index is 5.47. The highest BCUT2D eigenvalue weighted by Gasteiger charge is 2.11. The summed E-state index contributed by atoms with van der Waals surface area (Å²) in [6.45, 7) is 4.27. The number of hydrogen-bond donors (Lipinski definition) is 0. The van der Waals surface area contributed by atoms with E-state index in [1.165, 1.54) is 16.7 Å². The number of furan rings is 1. The van der Waals surface area contributed by atoms with Crippen LogP contribution in [-0.2, 0) is 5.75 Å². The first kappa shape index (κ1) is 13.4. The zero-order valence-corrected chi connectivity index (χ0v) is 13.2. The Kier molecular flexibility index (Phi) is 3.15. The number of thioether (sulfide) groups is 1. The number of aromatic nitrogens is 3. The van der Waals surface area contributed by atoms with Gasteiger partial charge < -0.3 is 4.42 Å². The lowest BCUT2D eigenvalue weighted by Crippen LogP contribution is -1.94. The van der Waals surface area contributed by atoms with E-state index in [4.69, 9.17) is 4.42 Å². The Labute approximate surface area is 132 Å². The van der Waals surface area contributed by atoms with Gasteiger partial charge in [-0.1, -0.05) is 35.5 Å². The van der Waals surface area contributed by atoms with Crippen LogP contribution in [0.25, 0.3) is 16.6 Å². The fourth-order valence-electron chi connectivity index (χ4n) is 2.62. The zero-order chi connectivity index (χ0) is 15.1. The van der Waals surface area contributed by atoms with Crippen LogP contribution in [0, 0.1) is 13.8 Å². The second kappa shape index (κ2) is 5.18. The molecule has 110 valence electrons. The van der Waals surface area contributed by atoms with Crippen LogP contribution < -0.4 is 0 Å². The van der Waals surface area contributed by atoms with E-state index in [9.17, 15) is 0 Å². The van der Waals surface area contributed by atoms with Crippen molar-refractivity contribution in [1.29, 1.82) is 0 Å². The Balaban J connectivity index is 1.70. The maximum atomic E-state index is 5.47. The van der Waals surface area contributed by atoms with Gasteiger partial charge in [0, 0.05) is 17.9 Å². The van der Waals surface area contributed by atoms with Gasteiger partial charge in [-0.2, -0.15) is 0 Å². The van der Waals surface area contributed by atoms with Gasteiger partial charge in [-0.25, -0.2) is 0 Å². The van der Waals surface area contributed by atoms with Gasteiger partial charge in [0.25, 0.3) is 0 Å². The quantitative estimate of drug-likeness (QED) is 0.527. The van der Waals surface area contributed by atoms with Crippen LogP contribution in [0.1, 0.15) is 16.7 Å². The third kappa shape index (κ3) is 2.18. The largest absolute Gasteiger partial charge is 0.463 e. The normalized spacial score (nSPS) is 11.5. The van der Waals surface area contributed by atoms with Crippen LogP contribution in [0.5, 0.6) is 0 Å². The number of nitrogens with zero attached hydrogens (tertiary/aromatic N) is 3. The summed E-state index contributed by atoms with van der Waals surface area (Å²) in [6.07, 6.45) is 3.43. The van der Waals surface area contributed by atoms with Crippen molar-refractivity contribution in [3.63, 3.8) is 0 Å². The van der Waals surface area contributed by atoms with Gasteiger partial charge >= 0.3 is 0 Å². The number of fused-ring (bicyclic) bond motifs is 3. The summed E-state index contributed by atoms with van der Waals surface area (Å²) < 4.78 is 7.49. The Morgan fingerprint density at radius 1 is 1.14 bits per heavy atom. The van der Waals surface area contributed by atoms with Crippen molar-refractivity contribution >= 4 is 28.4 Å². The minimum absolute atomic E-state index is 0.864. The van der Waals surface area contributed by atoms with Crippen molar-refractivity contribution in [2.45, 2.75) is 24.6 Å². The van der Waals surface area contributed by atoms with Crippen molar-refractivity contribution in [2.75, 3.05) is 0 Å². The molecule has 1 aromatic carbocycles. The van der Waals surface area contributed by atoms with Crippen LogP contribution in [0.2, 0.25) is 0 Å². The molecule has 0 aliphatic rings.